The third-order valence-electron chi connectivity index (χ3n) is 5.65. The van der Waals surface area contributed by atoms with Crippen LogP contribution in [-0.4, -0.2) is 25.2 Å². The van der Waals surface area contributed by atoms with E-state index in [1.165, 1.54) is 38.7 Å². The van der Waals surface area contributed by atoms with Crippen LogP contribution in [0.25, 0.3) is 0 Å². The van der Waals surface area contributed by atoms with Crippen LogP contribution in [0.15, 0.2) is 34.9 Å². The number of esters is 2. The van der Waals surface area contributed by atoms with Crippen LogP contribution in [0.4, 0.5) is 0 Å². The molecule has 0 saturated carbocycles. The number of hydrogen-bond acceptors (Lipinski definition) is 4. The first-order valence-corrected chi connectivity index (χ1v) is 10.4. The molecule has 0 unspecified atom stereocenters. The van der Waals surface area contributed by atoms with Crippen molar-refractivity contribution in [2.75, 3.05) is 13.2 Å². The van der Waals surface area contributed by atoms with E-state index in [1.54, 1.807) is 5.57 Å². The molecule has 0 N–H and O–H groups in total. The molecule has 4 heteroatoms. The Morgan fingerprint density at radius 2 is 1.79 bits per heavy atom. The van der Waals surface area contributed by atoms with E-state index in [1.807, 2.05) is 6.08 Å². The summed E-state index contributed by atoms with van der Waals surface area (Å²) in [4.78, 5) is 22.0. The van der Waals surface area contributed by atoms with E-state index >= 15 is 0 Å². The molecule has 0 aromatic rings. The molecule has 1 aliphatic carbocycles. The first kappa shape index (κ1) is 24.2. The van der Waals surface area contributed by atoms with Crippen LogP contribution in [0.2, 0.25) is 0 Å². The molecule has 0 amide bonds. The summed E-state index contributed by atoms with van der Waals surface area (Å²) in [7, 11) is 0. The van der Waals surface area contributed by atoms with Crippen LogP contribution >= 0.6 is 0 Å². The summed E-state index contributed by atoms with van der Waals surface area (Å²) in [5.74, 6) is 0.0465. The van der Waals surface area contributed by atoms with Gasteiger partial charge in [0.1, 0.15) is 13.2 Å². The Morgan fingerprint density at radius 3 is 2.39 bits per heavy atom. The number of allylic oxidation sites excluding steroid dienone is 4. The molecule has 0 radical (unpaired) electrons. The fraction of sp³-hybridized carbons (Fsp3) is 0.667. The molecule has 0 fully saturated rings. The van der Waals surface area contributed by atoms with Crippen molar-refractivity contribution >= 4 is 11.9 Å². The zero-order chi connectivity index (χ0) is 21.2. The van der Waals surface area contributed by atoms with Gasteiger partial charge in [-0.15, -0.1) is 0 Å². The number of carbonyl (C=O) groups excluding carboxylic acids is 2. The van der Waals surface area contributed by atoms with Gasteiger partial charge in [0.15, 0.2) is 0 Å². The van der Waals surface area contributed by atoms with Gasteiger partial charge in [0, 0.05) is 13.8 Å². The maximum atomic E-state index is 11.1. The van der Waals surface area contributed by atoms with E-state index in [9.17, 15) is 9.59 Å². The van der Waals surface area contributed by atoms with Gasteiger partial charge in [0.25, 0.3) is 0 Å². The lowest BCUT2D eigenvalue weighted by Gasteiger charge is -2.38. The van der Waals surface area contributed by atoms with Crippen molar-refractivity contribution in [3.8, 4) is 0 Å². The van der Waals surface area contributed by atoms with Gasteiger partial charge in [-0.2, -0.15) is 0 Å². The first-order chi connectivity index (χ1) is 13.1. The summed E-state index contributed by atoms with van der Waals surface area (Å²) in [6.07, 6.45) is 13.0. The average molecular weight is 391 g/mol. The van der Waals surface area contributed by atoms with Gasteiger partial charge < -0.3 is 9.47 Å². The Balaban J connectivity index is 2.54. The second kappa shape index (κ2) is 11.9. The molecule has 0 heterocycles. The van der Waals surface area contributed by atoms with Gasteiger partial charge in [0.05, 0.1) is 0 Å². The van der Waals surface area contributed by atoms with Gasteiger partial charge in [-0.3, -0.25) is 9.59 Å². The highest BCUT2D eigenvalue weighted by molar-refractivity contribution is 5.66. The Bertz CT molecular complexity index is 623. The average Bonchev–Trinajstić information content (AvgIpc) is 2.57. The normalized spacial score (nSPS) is 19.8. The van der Waals surface area contributed by atoms with Crippen molar-refractivity contribution in [1.82, 2.24) is 0 Å². The second-order valence-corrected chi connectivity index (χ2v) is 8.60. The van der Waals surface area contributed by atoms with E-state index in [0.29, 0.717) is 11.3 Å². The van der Waals surface area contributed by atoms with Crippen LogP contribution in [0.1, 0.15) is 80.1 Å². The molecule has 0 aliphatic heterocycles. The molecule has 1 atom stereocenters. The molecule has 158 valence electrons. The molecule has 1 aliphatic rings. The molecular weight excluding hydrogens is 352 g/mol. The van der Waals surface area contributed by atoms with Crippen LogP contribution in [0.5, 0.6) is 0 Å². The lowest BCUT2D eigenvalue weighted by atomic mass is 9.67. The van der Waals surface area contributed by atoms with Crippen molar-refractivity contribution in [2.45, 2.75) is 80.1 Å². The highest BCUT2D eigenvalue weighted by atomic mass is 16.5. The Hall–Kier alpha value is -1.84. The third-order valence-corrected chi connectivity index (χ3v) is 5.65. The zero-order valence-corrected chi connectivity index (χ0v) is 18.6. The highest BCUT2D eigenvalue weighted by Gasteiger charge is 2.32. The second-order valence-electron chi connectivity index (χ2n) is 8.60. The van der Waals surface area contributed by atoms with Gasteiger partial charge in [-0.1, -0.05) is 37.1 Å². The number of ether oxygens (including phenoxy) is 2. The van der Waals surface area contributed by atoms with Gasteiger partial charge in [-0.05, 0) is 75.4 Å². The van der Waals surface area contributed by atoms with Gasteiger partial charge in [-0.25, -0.2) is 0 Å². The fourth-order valence-electron chi connectivity index (χ4n) is 3.91. The van der Waals surface area contributed by atoms with E-state index in [-0.39, 0.29) is 25.2 Å². The largest absolute Gasteiger partial charge is 0.462 e. The molecule has 0 saturated heterocycles. The van der Waals surface area contributed by atoms with Gasteiger partial charge in [0.2, 0.25) is 0 Å². The molecule has 1 rings (SSSR count). The molecule has 28 heavy (non-hydrogen) atoms. The zero-order valence-electron chi connectivity index (χ0n) is 18.6. The molecule has 0 aromatic heterocycles. The van der Waals surface area contributed by atoms with Crippen molar-refractivity contribution < 1.29 is 19.1 Å². The number of hydrogen-bond donors (Lipinski definition) is 0. The number of carbonyl (C=O) groups is 2. The van der Waals surface area contributed by atoms with E-state index in [2.05, 4.69) is 39.8 Å². The standard InChI is InChI=1S/C24H38O4/c1-18(12-13-23-19(2)10-8-15-24(23,5)6)9-7-11-22(17-28-21(4)26)14-16-27-20(3)25/h9-10,14,23H,7-8,11-13,15-17H2,1-6H3/b18-9+,22-14-/t23-/m1/s1. The maximum absolute atomic E-state index is 11.1. The van der Waals surface area contributed by atoms with Crippen LogP contribution in [0.3, 0.4) is 0 Å². The third kappa shape index (κ3) is 9.38. The monoisotopic (exact) mass is 390 g/mol. The van der Waals surface area contributed by atoms with E-state index in [4.69, 9.17) is 9.47 Å². The van der Waals surface area contributed by atoms with Crippen LogP contribution in [-0.2, 0) is 19.1 Å². The first-order valence-electron chi connectivity index (χ1n) is 10.4. The van der Waals surface area contributed by atoms with Crippen LogP contribution in [0, 0.1) is 11.3 Å². The summed E-state index contributed by atoms with van der Waals surface area (Å²) in [5.41, 5.74) is 4.31. The SMILES string of the molecule is CC(=O)OC/C=C(/CC/C=C(\C)CC[C@@H]1C(C)=CCCC1(C)C)COC(C)=O. The molecule has 0 aromatic carbocycles. The van der Waals surface area contributed by atoms with Crippen molar-refractivity contribution in [1.29, 1.82) is 0 Å². The minimum Gasteiger partial charge on any atom is -0.462 e. The predicted octanol–water partition coefficient (Wildman–Crippen LogP) is 5.93. The van der Waals surface area contributed by atoms with Crippen molar-refractivity contribution in [3.05, 3.63) is 34.9 Å². The topological polar surface area (TPSA) is 52.6 Å². The quantitative estimate of drug-likeness (QED) is 0.343. The number of rotatable bonds is 10. The summed E-state index contributed by atoms with van der Waals surface area (Å²) in [5, 5.41) is 0. The van der Waals surface area contributed by atoms with Crippen LogP contribution < -0.4 is 0 Å². The molecule has 4 nitrogen and oxygen atoms in total. The Labute approximate surface area is 171 Å². The minimum atomic E-state index is -0.311. The molecule has 0 bridgehead atoms. The minimum absolute atomic E-state index is 0.219. The summed E-state index contributed by atoms with van der Waals surface area (Å²) in [6, 6.07) is 0. The molecular formula is C24H38O4. The predicted molar refractivity (Wildman–Crippen MR) is 114 cm³/mol. The van der Waals surface area contributed by atoms with Crippen molar-refractivity contribution in [3.63, 3.8) is 0 Å². The Kier molecular flexibility index (Phi) is 10.3. The summed E-state index contributed by atoms with van der Waals surface area (Å²) in [6.45, 7) is 12.5. The maximum Gasteiger partial charge on any atom is 0.302 e. The molecule has 0 spiro atoms. The van der Waals surface area contributed by atoms with E-state index < -0.39 is 0 Å². The fourth-order valence-corrected chi connectivity index (χ4v) is 3.91. The summed E-state index contributed by atoms with van der Waals surface area (Å²) >= 11 is 0. The highest BCUT2D eigenvalue weighted by Crippen LogP contribution is 2.43. The lowest BCUT2D eigenvalue weighted by Crippen LogP contribution is -2.27. The summed E-state index contributed by atoms with van der Waals surface area (Å²) < 4.78 is 10.1. The van der Waals surface area contributed by atoms with Gasteiger partial charge >= 0.3 is 11.9 Å². The van der Waals surface area contributed by atoms with E-state index in [0.717, 1.165) is 24.8 Å². The smallest absolute Gasteiger partial charge is 0.302 e. The van der Waals surface area contributed by atoms with Crippen molar-refractivity contribution in [2.24, 2.45) is 11.3 Å². The lowest BCUT2D eigenvalue weighted by molar-refractivity contribution is -0.141. The Morgan fingerprint density at radius 1 is 1.11 bits per heavy atom.